The van der Waals surface area contributed by atoms with Crippen molar-refractivity contribution in [1.29, 1.82) is 0 Å². The zero-order chi connectivity index (χ0) is 32.5. The lowest BCUT2D eigenvalue weighted by molar-refractivity contribution is -0.116. The maximum Gasteiger partial charge on any atom is 0.272 e. The van der Waals surface area contributed by atoms with Crippen molar-refractivity contribution >= 4 is 46.9 Å². The molecule has 230 valence electrons. The molecule has 0 heterocycles. The molecule has 0 saturated carbocycles. The van der Waals surface area contributed by atoms with Gasteiger partial charge in [-0.25, -0.2) is 0 Å². The van der Waals surface area contributed by atoms with E-state index in [0.717, 1.165) is 38.4 Å². The monoisotopic (exact) mass is 625 g/mol. The molecule has 0 aliphatic rings. The molecule has 7 heteroatoms. The van der Waals surface area contributed by atoms with E-state index in [9.17, 15) is 14.4 Å². The molecule has 0 aliphatic heterocycles. The number of aryl methyl sites for hydroxylation is 2. The smallest absolute Gasteiger partial charge is 0.272 e. The van der Waals surface area contributed by atoms with E-state index < -0.39 is 11.2 Å². The lowest BCUT2D eigenvalue weighted by Crippen LogP contribution is -2.30. The highest BCUT2D eigenvalue weighted by Crippen LogP contribution is 2.37. The quantitative estimate of drug-likeness (QED) is 0.107. The fraction of sp³-hybridized carbons (Fsp3) is 0.103. The Balaban J connectivity index is 1.33. The van der Waals surface area contributed by atoms with Crippen LogP contribution in [0.25, 0.3) is 6.08 Å². The normalized spacial score (nSPS) is 11.8. The topological polar surface area (TPSA) is 87.3 Å². The number of amides is 3. The highest BCUT2D eigenvalue weighted by molar-refractivity contribution is 8.00. The van der Waals surface area contributed by atoms with Gasteiger partial charge < -0.3 is 16.0 Å². The number of carbonyl (C=O) groups excluding carboxylic acids is 3. The average Bonchev–Trinajstić information content (AvgIpc) is 3.07. The molecule has 1 atom stereocenters. The molecule has 5 aromatic carbocycles. The molecular weight excluding hydrogens is 591 g/mol. The second-order valence-electron chi connectivity index (χ2n) is 10.9. The van der Waals surface area contributed by atoms with Gasteiger partial charge in [-0.1, -0.05) is 90.5 Å². The van der Waals surface area contributed by atoms with Crippen molar-refractivity contribution in [2.45, 2.75) is 30.9 Å². The minimum Gasteiger partial charge on any atom is -0.325 e. The highest BCUT2D eigenvalue weighted by atomic mass is 32.2. The molecule has 5 aromatic rings. The van der Waals surface area contributed by atoms with E-state index in [1.165, 1.54) is 11.8 Å². The first kappa shape index (κ1) is 32.0. The Kier molecular flexibility index (Phi) is 10.5. The summed E-state index contributed by atoms with van der Waals surface area (Å²) in [6.45, 7) is 6.00. The molecule has 0 saturated heterocycles. The summed E-state index contributed by atoms with van der Waals surface area (Å²) in [4.78, 5) is 40.9. The van der Waals surface area contributed by atoms with Gasteiger partial charge in [0, 0.05) is 21.8 Å². The molecular formula is C39H35N3O3S. The summed E-state index contributed by atoms with van der Waals surface area (Å²) in [6, 6.07) is 39.3. The Morgan fingerprint density at radius 2 is 1.33 bits per heavy atom. The number of anilines is 2. The number of benzene rings is 5. The molecule has 0 bridgehead atoms. The van der Waals surface area contributed by atoms with Crippen molar-refractivity contribution in [3.05, 3.63) is 166 Å². The van der Waals surface area contributed by atoms with Gasteiger partial charge in [0.25, 0.3) is 11.8 Å². The first-order valence-electron chi connectivity index (χ1n) is 14.9. The molecule has 6 nitrogen and oxygen atoms in total. The van der Waals surface area contributed by atoms with E-state index in [-0.39, 0.29) is 17.5 Å². The van der Waals surface area contributed by atoms with Crippen LogP contribution in [0, 0.1) is 20.8 Å². The molecule has 0 fully saturated rings. The summed E-state index contributed by atoms with van der Waals surface area (Å²) in [5.74, 6) is -0.963. The van der Waals surface area contributed by atoms with Crippen LogP contribution in [0.1, 0.15) is 43.4 Å². The van der Waals surface area contributed by atoms with Crippen LogP contribution in [0.2, 0.25) is 0 Å². The predicted octanol–water partition coefficient (Wildman–Crippen LogP) is 8.49. The summed E-state index contributed by atoms with van der Waals surface area (Å²) in [5, 5.41) is 8.28. The molecule has 0 radical (unpaired) electrons. The van der Waals surface area contributed by atoms with Gasteiger partial charge in [-0.05, 0) is 91.6 Å². The van der Waals surface area contributed by atoms with E-state index in [2.05, 4.69) is 16.0 Å². The van der Waals surface area contributed by atoms with Crippen molar-refractivity contribution in [2.24, 2.45) is 0 Å². The summed E-state index contributed by atoms with van der Waals surface area (Å²) in [7, 11) is 0. The molecule has 46 heavy (non-hydrogen) atoms. The number of carbonyl (C=O) groups is 3. The van der Waals surface area contributed by atoms with Crippen molar-refractivity contribution in [2.75, 3.05) is 10.6 Å². The molecule has 0 aromatic heterocycles. The lowest BCUT2D eigenvalue weighted by atomic mass is 10.1. The Bertz CT molecular complexity index is 1850. The Morgan fingerprint density at radius 3 is 2.00 bits per heavy atom. The van der Waals surface area contributed by atoms with E-state index in [1.807, 2.05) is 112 Å². The summed E-state index contributed by atoms with van der Waals surface area (Å²) in [6.07, 6.45) is 1.65. The third-order valence-electron chi connectivity index (χ3n) is 7.49. The number of hydrogen-bond acceptors (Lipinski definition) is 4. The molecule has 3 amide bonds. The van der Waals surface area contributed by atoms with Crippen LogP contribution >= 0.6 is 11.8 Å². The van der Waals surface area contributed by atoms with Crippen molar-refractivity contribution in [1.82, 2.24) is 5.32 Å². The van der Waals surface area contributed by atoms with Gasteiger partial charge in [0.2, 0.25) is 5.91 Å². The Morgan fingerprint density at radius 1 is 0.674 bits per heavy atom. The zero-order valence-electron chi connectivity index (χ0n) is 25.9. The Hall–Kier alpha value is -5.40. The van der Waals surface area contributed by atoms with Gasteiger partial charge in [-0.3, -0.25) is 14.4 Å². The SMILES string of the molecule is Cc1ccc(/C=C(\NC(=O)c2ccccc2)C(=O)Nc2ccc(SC(C(=O)Nc3cccc(C)c3C)c3ccccc3)cc2)cc1. The van der Waals surface area contributed by atoms with Gasteiger partial charge in [0.15, 0.2) is 0 Å². The minimum atomic E-state index is -0.501. The molecule has 0 aliphatic carbocycles. The third kappa shape index (κ3) is 8.40. The van der Waals surface area contributed by atoms with E-state index in [1.54, 1.807) is 42.5 Å². The van der Waals surface area contributed by atoms with Crippen LogP contribution in [0.4, 0.5) is 11.4 Å². The predicted molar refractivity (Wildman–Crippen MR) is 188 cm³/mol. The zero-order valence-corrected chi connectivity index (χ0v) is 26.7. The van der Waals surface area contributed by atoms with Crippen LogP contribution in [-0.2, 0) is 9.59 Å². The van der Waals surface area contributed by atoms with Crippen molar-refractivity contribution < 1.29 is 14.4 Å². The van der Waals surface area contributed by atoms with E-state index >= 15 is 0 Å². The van der Waals surface area contributed by atoms with Crippen LogP contribution in [-0.4, -0.2) is 17.7 Å². The number of thioether (sulfide) groups is 1. The van der Waals surface area contributed by atoms with Crippen LogP contribution in [0.5, 0.6) is 0 Å². The molecule has 0 spiro atoms. The number of hydrogen-bond donors (Lipinski definition) is 3. The summed E-state index contributed by atoms with van der Waals surface area (Å²) in [5.41, 5.74) is 6.79. The molecule has 3 N–H and O–H groups in total. The van der Waals surface area contributed by atoms with Gasteiger partial charge in [-0.15, -0.1) is 11.8 Å². The van der Waals surface area contributed by atoms with Gasteiger partial charge >= 0.3 is 0 Å². The van der Waals surface area contributed by atoms with Crippen LogP contribution < -0.4 is 16.0 Å². The van der Waals surface area contributed by atoms with Gasteiger partial charge in [0.05, 0.1) is 0 Å². The van der Waals surface area contributed by atoms with Crippen LogP contribution in [0.15, 0.2) is 138 Å². The highest BCUT2D eigenvalue weighted by Gasteiger charge is 2.23. The second kappa shape index (κ2) is 15.1. The first-order chi connectivity index (χ1) is 22.3. The largest absolute Gasteiger partial charge is 0.325 e. The summed E-state index contributed by atoms with van der Waals surface area (Å²) < 4.78 is 0. The summed E-state index contributed by atoms with van der Waals surface area (Å²) >= 11 is 1.43. The van der Waals surface area contributed by atoms with Gasteiger partial charge in [0.1, 0.15) is 10.9 Å². The number of rotatable bonds is 10. The molecule has 5 rings (SSSR count). The number of nitrogens with one attached hydrogen (secondary N) is 3. The van der Waals surface area contributed by atoms with Crippen LogP contribution in [0.3, 0.4) is 0 Å². The fourth-order valence-corrected chi connectivity index (χ4v) is 5.73. The lowest BCUT2D eigenvalue weighted by Gasteiger charge is -2.19. The van der Waals surface area contributed by atoms with Crippen molar-refractivity contribution in [3.8, 4) is 0 Å². The standard InChI is InChI=1S/C39H35N3O3S/c1-26-17-19-29(20-18-26)25-35(42-37(43)31-14-8-5-9-15-31)38(44)40-32-21-23-33(24-22-32)46-36(30-12-6-4-7-13-30)39(45)41-34-16-10-11-27(2)28(34)3/h4-25,36H,1-3H3,(H,40,44)(H,41,45)(H,42,43)/b35-25-. The fourth-order valence-electron chi connectivity index (χ4n) is 4.71. The minimum absolute atomic E-state index is 0.114. The van der Waals surface area contributed by atoms with E-state index in [4.69, 9.17) is 0 Å². The van der Waals surface area contributed by atoms with Crippen molar-refractivity contribution in [3.63, 3.8) is 0 Å². The maximum absolute atomic E-state index is 13.6. The first-order valence-corrected chi connectivity index (χ1v) is 15.8. The third-order valence-corrected chi connectivity index (χ3v) is 8.75. The average molecular weight is 626 g/mol. The van der Waals surface area contributed by atoms with Gasteiger partial charge in [-0.2, -0.15) is 0 Å². The second-order valence-corrected chi connectivity index (χ2v) is 12.1. The maximum atomic E-state index is 13.6. The Labute approximate surface area is 274 Å². The van der Waals surface area contributed by atoms with E-state index in [0.29, 0.717) is 11.3 Å². The molecule has 1 unspecified atom stereocenters.